The van der Waals surface area contributed by atoms with Gasteiger partial charge in [0.05, 0.1) is 5.92 Å². The van der Waals surface area contributed by atoms with Crippen molar-refractivity contribution in [2.45, 2.75) is 92.2 Å². The Morgan fingerprint density at radius 3 is 1.89 bits per heavy atom. The van der Waals surface area contributed by atoms with Crippen LogP contribution in [0.5, 0.6) is 11.5 Å². The van der Waals surface area contributed by atoms with E-state index in [1.807, 2.05) is 27.7 Å². The van der Waals surface area contributed by atoms with Crippen molar-refractivity contribution in [3.05, 3.63) is 23.8 Å². The molecule has 0 bridgehead atoms. The molecule has 3 N–H and O–H groups in total. The first-order valence-corrected chi connectivity index (χ1v) is 12.6. The zero-order valence-corrected chi connectivity index (χ0v) is 22.4. The van der Waals surface area contributed by atoms with Gasteiger partial charge in [-0.25, -0.2) is 0 Å². The number of rotatable bonds is 14. The van der Waals surface area contributed by atoms with E-state index in [4.69, 9.17) is 19.9 Å². The van der Waals surface area contributed by atoms with E-state index < -0.39 is 41.9 Å². The molecule has 1 rings (SSSR count). The van der Waals surface area contributed by atoms with E-state index in [-0.39, 0.29) is 42.1 Å². The molecular weight excluding hydrogens is 466 g/mol. The number of ether oxygens (including phenoxy) is 3. The maximum Gasteiger partial charge on any atom is 0.321 e. The molecule has 9 nitrogen and oxygen atoms in total. The average Bonchev–Trinajstić information content (AvgIpc) is 2.80. The van der Waals surface area contributed by atoms with Crippen LogP contribution in [0, 0.1) is 17.8 Å². The van der Waals surface area contributed by atoms with Gasteiger partial charge in [0, 0.05) is 24.7 Å². The van der Waals surface area contributed by atoms with E-state index in [0.29, 0.717) is 18.4 Å². The molecular formula is C27H41NO8. The van der Waals surface area contributed by atoms with Crippen LogP contribution in [0.1, 0.15) is 85.6 Å². The molecule has 5 atom stereocenters. The Labute approximate surface area is 213 Å². The molecule has 0 fully saturated rings. The summed E-state index contributed by atoms with van der Waals surface area (Å²) in [6.45, 7) is 12.7. The Kier molecular flexibility index (Phi) is 12.6. The van der Waals surface area contributed by atoms with E-state index in [1.54, 1.807) is 26.8 Å². The van der Waals surface area contributed by atoms with E-state index in [9.17, 15) is 24.3 Å². The SMILES string of the molecule is CCCC(=O)Oc1ccc(C(C(C)C(C)OC(=O)C(C)C(C)C)[C@H](N)C(=O)O)cc1OC(=O)CCC. The molecule has 0 aromatic heterocycles. The van der Waals surface area contributed by atoms with Gasteiger partial charge in [0.2, 0.25) is 0 Å². The lowest BCUT2D eigenvalue weighted by molar-refractivity contribution is -0.157. The van der Waals surface area contributed by atoms with Crippen LogP contribution in [0.15, 0.2) is 18.2 Å². The molecule has 1 aromatic carbocycles. The standard InChI is InChI=1S/C27H41NO8/c1-8-10-22(29)35-20-13-12-19(14-21(20)36-23(30)11-9-2)24(25(28)26(31)32)17(6)18(7)34-27(33)16(5)15(3)4/h12-18,24-25H,8-11,28H2,1-7H3,(H,31,32)/t16?,17?,18?,24?,25-/m0/s1. The van der Waals surface area contributed by atoms with Crippen molar-refractivity contribution in [3.63, 3.8) is 0 Å². The number of nitrogens with two attached hydrogens (primary N) is 1. The van der Waals surface area contributed by atoms with Crippen LogP contribution in [0.4, 0.5) is 0 Å². The van der Waals surface area contributed by atoms with Crippen LogP contribution in [-0.2, 0) is 23.9 Å². The summed E-state index contributed by atoms with van der Waals surface area (Å²) < 4.78 is 16.5. The predicted molar refractivity (Wildman–Crippen MR) is 135 cm³/mol. The molecule has 9 heteroatoms. The van der Waals surface area contributed by atoms with Gasteiger partial charge in [-0.2, -0.15) is 0 Å². The Morgan fingerprint density at radius 1 is 0.889 bits per heavy atom. The highest BCUT2D eigenvalue weighted by Crippen LogP contribution is 2.37. The topological polar surface area (TPSA) is 142 Å². The van der Waals surface area contributed by atoms with Crippen LogP contribution in [0.25, 0.3) is 0 Å². The molecule has 202 valence electrons. The average molecular weight is 508 g/mol. The largest absolute Gasteiger partial charge is 0.480 e. The maximum absolute atomic E-state index is 12.5. The molecule has 1 aromatic rings. The van der Waals surface area contributed by atoms with Gasteiger partial charge in [-0.1, -0.05) is 47.6 Å². The first-order chi connectivity index (χ1) is 16.8. The summed E-state index contributed by atoms with van der Waals surface area (Å²) in [5.41, 5.74) is 6.55. The van der Waals surface area contributed by atoms with E-state index in [0.717, 1.165) is 0 Å². The predicted octanol–water partition coefficient (Wildman–Crippen LogP) is 4.45. The van der Waals surface area contributed by atoms with Crippen LogP contribution < -0.4 is 15.2 Å². The minimum atomic E-state index is -1.34. The first kappa shape index (κ1) is 31.1. The molecule has 0 amide bonds. The quantitative estimate of drug-likeness (QED) is 0.276. The monoisotopic (exact) mass is 507 g/mol. The molecule has 0 heterocycles. The van der Waals surface area contributed by atoms with Crippen molar-refractivity contribution < 1.29 is 38.5 Å². The molecule has 0 aliphatic rings. The Hall–Kier alpha value is -2.94. The lowest BCUT2D eigenvalue weighted by Crippen LogP contribution is -2.43. The summed E-state index contributed by atoms with van der Waals surface area (Å²) in [5, 5.41) is 9.72. The lowest BCUT2D eigenvalue weighted by atomic mass is 9.79. The fourth-order valence-electron chi connectivity index (χ4n) is 3.61. The summed E-state index contributed by atoms with van der Waals surface area (Å²) in [6, 6.07) is 3.18. The van der Waals surface area contributed by atoms with E-state index in [2.05, 4.69) is 0 Å². The Morgan fingerprint density at radius 2 is 1.42 bits per heavy atom. The van der Waals surface area contributed by atoms with Gasteiger partial charge in [-0.3, -0.25) is 19.2 Å². The zero-order valence-electron chi connectivity index (χ0n) is 22.4. The third kappa shape index (κ3) is 8.93. The van der Waals surface area contributed by atoms with Crippen molar-refractivity contribution in [2.75, 3.05) is 0 Å². The summed E-state index contributed by atoms with van der Waals surface area (Å²) >= 11 is 0. The smallest absolute Gasteiger partial charge is 0.321 e. The van der Waals surface area contributed by atoms with Crippen LogP contribution in [-0.4, -0.2) is 41.1 Å². The summed E-state index contributed by atoms with van der Waals surface area (Å²) in [5.74, 6) is -4.10. The fraction of sp³-hybridized carbons (Fsp3) is 0.630. The molecule has 4 unspecified atom stereocenters. The molecule has 0 saturated heterocycles. The normalized spacial score (nSPS) is 15.4. The van der Waals surface area contributed by atoms with Gasteiger partial charge >= 0.3 is 23.9 Å². The number of carbonyl (C=O) groups is 4. The summed E-state index contributed by atoms with van der Waals surface area (Å²) in [6.07, 6.45) is 0.834. The lowest BCUT2D eigenvalue weighted by Gasteiger charge is -2.32. The van der Waals surface area contributed by atoms with Gasteiger partial charge in [0.25, 0.3) is 0 Å². The molecule has 0 saturated carbocycles. The molecule has 0 radical (unpaired) electrons. The highest BCUT2D eigenvalue weighted by Gasteiger charge is 2.36. The van der Waals surface area contributed by atoms with Gasteiger partial charge in [-0.05, 0) is 43.4 Å². The van der Waals surface area contributed by atoms with Crippen molar-refractivity contribution in [1.82, 2.24) is 0 Å². The molecule has 0 aliphatic heterocycles. The zero-order chi connectivity index (χ0) is 27.6. The van der Waals surface area contributed by atoms with Crippen molar-refractivity contribution in [2.24, 2.45) is 23.5 Å². The number of carbonyl (C=O) groups excluding carboxylic acids is 3. The van der Waals surface area contributed by atoms with Crippen LogP contribution in [0.3, 0.4) is 0 Å². The van der Waals surface area contributed by atoms with Gasteiger partial charge < -0.3 is 25.1 Å². The van der Waals surface area contributed by atoms with Gasteiger partial charge in [0.1, 0.15) is 12.1 Å². The van der Waals surface area contributed by atoms with Crippen molar-refractivity contribution >= 4 is 23.9 Å². The van der Waals surface area contributed by atoms with Gasteiger partial charge in [0.15, 0.2) is 11.5 Å². The second kappa shape index (κ2) is 14.6. The minimum Gasteiger partial charge on any atom is -0.480 e. The Balaban J connectivity index is 3.42. The number of hydrogen-bond acceptors (Lipinski definition) is 8. The fourth-order valence-corrected chi connectivity index (χ4v) is 3.61. The highest BCUT2D eigenvalue weighted by molar-refractivity contribution is 5.77. The number of hydrogen-bond donors (Lipinski definition) is 2. The second-order valence-corrected chi connectivity index (χ2v) is 9.58. The van der Waals surface area contributed by atoms with Crippen LogP contribution in [0.2, 0.25) is 0 Å². The summed E-state index contributed by atoms with van der Waals surface area (Å²) in [4.78, 5) is 48.8. The molecule has 0 aliphatic carbocycles. The third-order valence-corrected chi connectivity index (χ3v) is 6.36. The number of carboxylic acids is 1. The Bertz CT molecular complexity index is 913. The number of benzene rings is 1. The van der Waals surface area contributed by atoms with Crippen molar-refractivity contribution in [1.29, 1.82) is 0 Å². The minimum absolute atomic E-state index is 0.00303. The highest BCUT2D eigenvalue weighted by atomic mass is 16.6. The third-order valence-electron chi connectivity index (χ3n) is 6.36. The second-order valence-electron chi connectivity index (χ2n) is 9.58. The molecule has 0 spiro atoms. The van der Waals surface area contributed by atoms with Crippen LogP contribution >= 0.6 is 0 Å². The van der Waals surface area contributed by atoms with Crippen molar-refractivity contribution in [3.8, 4) is 11.5 Å². The van der Waals surface area contributed by atoms with Gasteiger partial charge in [-0.15, -0.1) is 0 Å². The first-order valence-electron chi connectivity index (χ1n) is 12.6. The number of aliphatic carboxylic acids is 1. The number of esters is 3. The number of carboxylic acid groups (broad SMARTS) is 1. The van der Waals surface area contributed by atoms with E-state index >= 15 is 0 Å². The molecule has 36 heavy (non-hydrogen) atoms. The summed E-state index contributed by atoms with van der Waals surface area (Å²) in [7, 11) is 0. The maximum atomic E-state index is 12.5. The van der Waals surface area contributed by atoms with E-state index in [1.165, 1.54) is 12.1 Å².